The first-order valence-corrected chi connectivity index (χ1v) is 6.30. The molecule has 1 aromatic carbocycles. The van der Waals surface area contributed by atoms with Gasteiger partial charge in [0.1, 0.15) is 0 Å². The Morgan fingerprint density at radius 2 is 2.22 bits per heavy atom. The van der Waals surface area contributed by atoms with Crippen molar-refractivity contribution >= 4 is 35.6 Å². The zero-order valence-corrected chi connectivity index (χ0v) is 11.9. The zero-order chi connectivity index (χ0) is 12.4. The van der Waals surface area contributed by atoms with Crippen molar-refractivity contribution in [2.24, 2.45) is 5.92 Å². The van der Waals surface area contributed by atoms with Crippen LogP contribution in [0.15, 0.2) is 18.2 Å². The van der Waals surface area contributed by atoms with Gasteiger partial charge in [-0.25, -0.2) is 0 Å². The number of nitrogen functional groups attached to an aromatic ring is 1. The molecule has 3 nitrogen and oxygen atoms in total. The third-order valence-electron chi connectivity index (χ3n) is 3.17. The van der Waals surface area contributed by atoms with E-state index in [4.69, 9.17) is 17.3 Å². The number of halogens is 2. The maximum atomic E-state index is 12.3. The Bertz CT molecular complexity index is 437. The van der Waals surface area contributed by atoms with Crippen molar-refractivity contribution in [3.05, 3.63) is 28.8 Å². The molecule has 1 unspecified atom stereocenters. The van der Waals surface area contributed by atoms with Crippen molar-refractivity contribution in [3.8, 4) is 0 Å². The van der Waals surface area contributed by atoms with Gasteiger partial charge in [-0.3, -0.25) is 4.79 Å². The van der Waals surface area contributed by atoms with Gasteiger partial charge in [-0.15, -0.1) is 12.4 Å². The molecule has 1 fully saturated rings. The molecular formula is C13H18Cl2N2O. The molecule has 2 N–H and O–H groups in total. The molecule has 1 aromatic rings. The van der Waals surface area contributed by atoms with Crippen molar-refractivity contribution in [2.45, 2.75) is 19.8 Å². The second kappa shape index (κ2) is 6.30. The maximum absolute atomic E-state index is 12.3. The van der Waals surface area contributed by atoms with E-state index in [0.717, 1.165) is 19.5 Å². The first-order chi connectivity index (χ1) is 8.08. The predicted octanol–water partition coefficient (Wildman–Crippen LogP) is 3.22. The summed E-state index contributed by atoms with van der Waals surface area (Å²) in [5.74, 6) is 0.585. The Kier molecular flexibility index (Phi) is 5.29. The van der Waals surface area contributed by atoms with Crippen molar-refractivity contribution in [1.82, 2.24) is 4.90 Å². The highest BCUT2D eigenvalue weighted by molar-refractivity contribution is 6.34. The van der Waals surface area contributed by atoms with Gasteiger partial charge in [0.15, 0.2) is 0 Å². The maximum Gasteiger partial charge on any atom is 0.255 e. The molecule has 1 heterocycles. The van der Waals surface area contributed by atoms with E-state index in [-0.39, 0.29) is 18.3 Å². The zero-order valence-electron chi connectivity index (χ0n) is 10.4. The van der Waals surface area contributed by atoms with Crippen LogP contribution in [0.25, 0.3) is 0 Å². The van der Waals surface area contributed by atoms with Crippen LogP contribution >= 0.6 is 24.0 Å². The summed E-state index contributed by atoms with van der Waals surface area (Å²) in [5, 5.41) is 0.438. The van der Waals surface area contributed by atoms with Crippen LogP contribution in [0.2, 0.25) is 5.02 Å². The molecule has 0 radical (unpaired) electrons. The highest BCUT2D eigenvalue weighted by Gasteiger charge is 2.23. The number of piperidine rings is 1. The summed E-state index contributed by atoms with van der Waals surface area (Å²) in [6.45, 7) is 3.81. The molecule has 1 aliphatic rings. The molecule has 1 saturated heterocycles. The minimum Gasteiger partial charge on any atom is -0.399 e. The van der Waals surface area contributed by atoms with Gasteiger partial charge in [0, 0.05) is 18.8 Å². The minimum atomic E-state index is 0. The lowest BCUT2D eigenvalue weighted by Gasteiger charge is -2.31. The third kappa shape index (κ3) is 3.30. The predicted molar refractivity (Wildman–Crippen MR) is 77.4 cm³/mol. The molecule has 18 heavy (non-hydrogen) atoms. The summed E-state index contributed by atoms with van der Waals surface area (Å²) in [5.41, 5.74) is 6.75. The monoisotopic (exact) mass is 288 g/mol. The number of rotatable bonds is 1. The lowest BCUT2D eigenvalue weighted by molar-refractivity contribution is 0.0683. The number of carbonyl (C=O) groups is 1. The van der Waals surface area contributed by atoms with Crippen molar-refractivity contribution in [3.63, 3.8) is 0 Å². The number of carbonyl (C=O) groups excluding carboxylic acids is 1. The molecule has 2 rings (SSSR count). The summed E-state index contributed by atoms with van der Waals surface area (Å²) in [7, 11) is 0. The van der Waals surface area contributed by atoms with Gasteiger partial charge in [-0.1, -0.05) is 18.5 Å². The second-order valence-corrected chi connectivity index (χ2v) is 5.15. The van der Waals surface area contributed by atoms with Gasteiger partial charge in [-0.2, -0.15) is 0 Å². The van der Waals surface area contributed by atoms with Crippen LogP contribution in [-0.4, -0.2) is 23.9 Å². The van der Waals surface area contributed by atoms with Gasteiger partial charge in [0.05, 0.1) is 10.6 Å². The number of likely N-dealkylation sites (tertiary alicyclic amines) is 1. The molecule has 0 saturated carbocycles. The first kappa shape index (κ1) is 15.1. The van der Waals surface area contributed by atoms with Crippen molar-refractivity contribution < 1.29 is 4.79 Å². The van der Waals surface area contributed by atoms with Crippen LogP contribution in [0.4, 0.5) is 5.69 Å². The molecule has 0 bridgehead atoms. The van der Waals surface area contributed by atoms with Gasteiger partial charge in [-0.05, 0) is 37.0 Å². The van der Waals surface area contributed by atoms with Gasteiger partial charge < -0.3 is 10.6 Å². The number of nitrogens with zero attached hydrogens (tertiary/aromatic N) is 1. The number of nitrogens with two attached hydrogens (primary N) is 1. The quantitative estimate of drug-likeness (QED) is 0.807. The smallest absolute Gasteiger partial charge is 0.255 e. The Morgan fingerprint density at radius 1 is 1.50 bits per heavy atom. The SMILES string of the molecule is CC1CCCN(C(=O)c2ccc(N)cc2Cl)C1.Cl. The third-order valence-corrected chi connectivity index (χ3v) is 3.48. The van der Waals surface area contributed by atoms with Gasteiger partial charge in [0.25, 0.3) is 5.91 Å². The molecule has 1 atom stereocenters. The highest BCUT2D eigenvalue weighted by Crippen LogP contribution is 2.23. The molecule has 5 heteroatoms. The summed E-state index contributed by atoms with van der Waals surface area (Å²) >= 11 is 6.05. The average Bonchev–Trinajstić information content (AvgIpc) is 2.28. The number of anilines is 1. The largest absolute Gasteiger partial charge is 0.399 e. The number of benzene rings is 1. The lowest BCUT2D eigenvalue weighted by atomic mass is 9.99. The van der Waals surface area contributed by atoms with Crippen LogP contribution in [0.5, 0.6) is 0 Å². The van der Waals surface area contributed by atoms with E-state index in [1.807, 2.05) is 4.90 Å². The summed E-state index contributed by atoms with van der Waals surface area (Å²) < 4.78 is 0. The molecule has 1 amide bonds. The fourth-order valence-electron chi connectivity index (χ4n) is 2.25. The molecule has 100 valence electrons. The molecular weight excluding hydrogens is 271 g/mol. The van der Waals surface area contributed by atoms with Crippen LogP contribution in [0.1, 0.15) is 30.1 Å². The molecule has 0 aliphatic carbocycles. The summed E-state index contributed by atoms with van der Waals surface area (Å²) in [4.78, 5) is 14.2. The van der Waals surface area contributed by atoms with E-state index < -0.39 is 0 Å². The first-order valence-electron chi connectivity index (χ1n) is 5.92. The minimum absolute atomic E-state index is 0. The normalized spacial score (nSPS) is 19.2. The number of amides is 1. The fourth-order valence-corrected chi connectivity index (χ4v) is 2.52. The van der Waals surface area contributed by atoms with Gasteiger partial charge in [0.2, 0.25) is 0 Å². The van der Waals surface area contributed by atoms with Crippen LogP contribution in [0.3, 0.4) is 0 Å². The van der Waals surface area contributed by atoms with Crippen molar-refractivity contribution in [1.29, 1.82) is 0 Å². The van der Waals surface area contributed by atoms with E-state index in [1.165, 1.54) is 6.42 Å². The Morgan fingerprint density at radius 3 is 2.83 bits per heavy atom. The number of hydrogen-bond donors (Lipinski definition) is 1. The van der Waals surface area contributed by atoms with Crippen molar-refractivity contribution in [2.75, 3.05) is 18.8 Å². The van der Waals surface area contributed by atoms with Crippen LogP contribution in [0, 0.1) is 5.92 Å². The van der Waals surface area contributed by atoms with Gasteiger partial charge >= 0.3 is 0 Å². The lowest BCUT2D eigenvalue weighted by Crippen LogP contribution is -2.39. The van der Waals surface area contributed by atoms with E-state index >= 15 is 0 Å². The number of hydrogen-bond acceptors (Lipinski definition) is 2. The summed E-state index contributed by atoms with van der Waals surface area (Å²) in [6.07, 6.45) is 2.26. The molecule has 0 aromatic heterocycles. The van der Waals surface area contributed by atoms with E-state index in [2.05, 4.69) is 6.92 Å². The highest BCUT2D eigenvalue weighted by atomic mass is 35.5. The van der Waals surface area contributed by atoms with E-state index in [9.17, 15) is 4.79 Å². The Hall–Kier alpha value is -0.930. The second-order valence-electron chi connectivity index (χ2n) is 4.74. The van der Waals surface area contributed by atoms with E-state index in [1.54, 1.807) is 18.2 Å². The average molecular weight is 289 g/mol. The topological polar surface area (TPSA) is 46.3 Å². The van der Waals surface area contributed by atoms with E-state index in [0.29, 0.717) is 22.2 Å². The standard InChI is InChI=1S/C13H17ClN2O.ClH/c1-9-3-2-6-16(8-9)13(17)11-5-4-10(15)7-12(11)14;/h4-5,7,9H,2-3,6,8,15H2,1H3;1H. The summed E-state index contributed by atoms with van der Waals surface area (Å²) in [6, 6.07) is 5.05. The molecule has 1 aliphatic heterocycles. The fraction of sp³-hybridized carbons (Fsp3) is 0.462. The van der Waals surface area contributed by atoms with Crippen LogP contribution < -0.4 is 5.73 Å². The molecule has 0 spiro atoms. The Labute approximate surface area is 119 Å². The Balaban J connectivity index is 0.00000162. The van der Waals surface area contributed by atoms with Crippen LogP contribution in [-0.2, 0) is 0 Å².